The number of amides is 3. The summed E-state index contributed by atoms with van der Waals surface area (Å²) in [5.41, 5.74) is 2.34. The molecular weight excluding hydrogens is 439 g/mol. The van der Waals surface area contributed by atoms with Crippen LogP contribution in [0.3, 0.4) is 0 Å². The van der Waals surface area contributed by atoms with Crippen LogP contribution in [0.15, 0.2) is 54.6 Å². The maximum atomic E-state index is 13.0. The molecule has 1 heterocycles. The van der Waals surface area contributed by atoms with Crippen LogP contribution in [0, 0.1) is 6.92 Å². The van der Waals surface area contributed by atoms with Gasteiger partial charge in [-0.15, -0.1) is 0 Å². The molecule has 1 N–H and O–H groups in total. The highest BCUT2D eigenvalue weighted by atomic mass is 35.5. The Morgan fingerprint density at radius 1 is 0.903 bits per heavy atom. The Labute approximate surface area is 188 Å². The summed E-state index contributed by atoms with van der Waals surface area (Å²) in [5.74, 6) is -0.955. The standard InChI is InChI=1S/C23H16Cl2N2O4/c1-12-3-8-20(31-2)19(9-12)26-21(28)13-4-6-15-16(10-13)23(30)27(22(15)29)14-5-7-17(24)18(25)11-14/h3-11H,1-2H3,(H,26,28). The molecule has 0 saturated heterocycles. The van der Waals surface area contributed by atoms with Crippen molar-refractivity contribution in [2.24, 2.45) is 0 Å². The molecule has 0 aliphatic carbocycles. The number of anilines is 2. The zero-order valence-corrected chi connectivity index (χ0v) is 18.0. The van der Waals surface area contributed by atoms with Crippen LogP contribution in [-0.4, -0.2) is 24.8 Å². The van der Waals surface area contributed by atoms with Crippen molar-refractivity contribution >= 4 is 52.3 Å². The van der Waals surface area contributed by atoms with Gasteiger partial charge in [0.2, 0.25) is 0 Å². The summed E-state index contributed by atoms with van der Waals surface area (Å²) >= 11 is 12.0. The van der Waals surface area contributed by atoms with Crippen LogP contribution in [0.2, 0.25) is 10.0 Å². The predicted molar refractivity (Wildman–Crippen MR) is 120 cm³/mol. The van der Waals surface area contributed by atoms with Gasteiger partial charge in [-0.2, -0.15) is 0 Å². The molecule has 3 aromatic rings. The predicted octanol–water partition coefficient (Wildman–Crippen LogP) is 5.36. The van der Waals surface area contributed by atoms with E-state index in [2.05, 4.69) is 5.32 Å². The second kappa shape index (κ2) is 8.06. The van der Waals surface area contributed by atoms with E-state index < -0.39 is 17.7 Å². The lowest BCUT2D eigenvalue weighted by atomic mass is 10.1. The van der Waals surface area contributed by atoms with E-state index in [0.717, 1.165) is 10.5 Å². The molecular formula is C23H16Cl2N2O4. The number of carbonyl (C=O) groups excluding carboxylic acids is 3. The number of nitrogens with one attached hydrogen (secondary N) is 1. The van der Waals surface area contributed by atoms with Gasteiger partial charge in [0.1, 0.15) is 5.75 Å². The van der Waals surface area contributed by atoms with Crippen LogP contribution in [0.1, 0.15) is 36.6 Å². The van der Waals surface area contributed by atoms with Gasteiger partial charge in [0, 0.05) is 5.56 Å². The minimum Gasteiger partial charge on any atom is -0.495 e. The first-order valence-electron chi connectivity index (χ1n) is 9.24. The van der Waals surface area contributed by atoms with E-state index in [1.165, 1.54) is 43.5 Å². The number of carbonyl (C=O) groups is 3. The van der Waals surface area contributed by atoms with Gasteiger partial charge in [-0.3, -0.25) is 14.4 Å². The van der Waals surface area contributed by atoms with Gasteiger partial charge in [0.25, 0.3) is 17.7 Å². The molecule has 0 radical (unpaired) electrons. The number of ether oxygens (including phenoxy) is 1. The Morgan fingerprint density at radius 3 is 2.35 bits per heavy atom. The molecule has 0 spiro atoms. The van der Waals surface area contributed by atoms with E-state index in [1.807, 2.05) is 13.0 Å². The molecule has 31 heavy (non-hydrogen) atoms. The van der Waals surface area contributed by atoms with Crippen molar-refractivity contribution in [1.29, 1.82) is 0 Å². The molecule has 3 aromatic carbocycles. The summed E-state index contributed by atoms with van der Waals surface area (Å²) in [7, 11) is 1.51. The van der Waals surface area contributed by atoms with Gasteiger partial charge in [0.15, 0.2) is 0 Å². The SMILES string of the molecule is COc1ccc(C)cc1NC(=O)c1ccc2c(c1)C(=O)N(c1ccc(Cl)c(Cl)c1)C2=O. The Bertz CT molecular complexity index is 1260. The number of halogens is 2. The Hall–Kier alpha value is -3.35. The average molecular weight is 455 g/mol. The molecule has 0 bridgehead atoms. The summed E-state index contributed by atoms with van der Waals surface area (Å²) in [6, 6.07) is 14.3. The number of aryl methyl sites for hydroxylation is 1. The van der Waals surface area contributed by atoms with E-state index >= 15 is 0 Å². The summed E-state index contributed by atoms with van der Waals surface area (Å²) in [6.07, 6.45) is 0. The molecule has 8 heteroatoms. The van der Waals surface area contributed by atoms with Crippen LogP contribution in [0.4, 0.5) is 11.4 Å². The number of imide groups is 1. The molecule has 0 saturated carbocycles. The van der Waals surface area contributed by atoms with E-state index in [1.54, 1.807) is 12.1 Å². The summed E-state index contributed by atoms with van der Waals surface area (Å²) in [6.45, 7) is 1.90. The molecule has 1 aliphatic heterocycles. The maximum absolute atomic E-state index is 13.0. The highest BCUT2D eigenvalue weighted by Crippen LogP contribution is 2.33. The second-order valence-electron chi connectivity index (χ2n) is 6.96. The Kier molecular flexibility index (Phi) is 5.43. The van der Waals surface area contributed by atoms with E-state index in [4.69, 9.17) is 27.9 Å². The number of methoxy groups -OCH3 is 1. The smallest absolute Gasteiger partial charge is 0.266 e. The lowest BCUT2D eigenvalue weighted by Crippen LogP contribution is -2.29. The minimum absolute atomic E-state index is 0.139. The summed E-state index contributed by atoms with van der Waals surface area (Å²) in [4.78, 5) is 39.6. The number of hydrogen-bond donors (Lipinski definition) is 1. The Balaban J connectivity index is 1.65. The topological polar surface area (TPSA) is 75.7 Å². The fourth-order valence-corrected chi connectivity index (χ4v) is 3.65. The molecule has 4 rings (SSSR count). The van der Waals surface area contributed by atoms with Crippen molar-refractivity contribution in [3.63, 3.8) is 0 Å². The third-order valence-electron chi connectivity index (χ3n) is 4.91. The van der Waals surface area contributed by atoms with Crippen LogP contribution >= 0.6 is 23.2 Å². The minimum atomic E-state index is -0.541. The van der Waals surface area contributed by atoms with Crippen LogP contribution in [-0.2, 0) is 0 Å². The number of nitrogens with zero attached hydrogens (tertiary/aromatic N) is 1. The molecule has 156 valence electrons. The zero-order chi connectivity index (χ0) is 22.3. The molecule has 0 unspecified atom stereocenters. The number of rotatable bonds is 4. The number of benzene rings is 3. The molecule has 6 nitrogen and oxygen atoms in total. The number of fused-ring (bicyclic) bond motifs is 1. The quantitative estimate of drug-likeness (QED) is 0.538. The summed E-state index contributed by atoms with van der Waals surface area (Å²) < 4.78 is 5.28. The highest BCUT2D eigenvalue weighted by molar-refractivity contribution is 6.42. The van der Waals surface area contributed by atoms with Gasteiger partial charge in [-0.05, 0) is 61.0 Å². The molecule has 0 fully saturated rings. The summed E-state index contributed by atoms with van der Waals surface area (Å²) in [5, 5.41) is 3.32. The maximum Gasteiger partial charge on any atom is 0.266 e. The largest absolute Gasteiger partial charge is 0.495 e. The van der Waals surface area contributed by atoms with Gasteiger partial charge in [-0.1, -0.05) is 29.3 Å². The highest BCUT2D eigenvalue weighted by Gasteiger charge is 2.37. The zero-order valence-electron chi connectivity index (χ0n) is 16.5. The van der Waals surface area contributed by atoms with E-state index in [-0.39, 0.29) is 21.7 Å². The van der Waals surface area contributed by atoms with Crippen molar-refractivity contribution < 1.29 is 19.1 Å². The van der Waals surface area contributed by atoms with Gasteiger partial charge in [-0.25, -0.2) is 4.90 Å². The van der Waals surface area contributed by atoms with Gasteiger partial charge in [0.05, 0.1) is 39.7 Å². The fraction of sp³-hybridized carbons (Fsp3) is 0.0870. The lowest BCUT2D eigenvalue weighted by Gasteiger charge is -2.14. The van der Waals surface area contributed by atoms with Crippen LogP contribution in [0.25, 0.3) is 0 Å². The first-order valence-corrected chi connectivity index (χ1v) is 9.99. The van der Waals surface area contributed by atoms with Gasteiger partial charge < -0.3 is 10.1 Å². The first-order chi connectivity index (χ1) is 14.8. The Morgan fingerprint density at radius 2 is 1.65 bits per heavy atom. The normalized spacial score (nSPS) is 12.7. The molecule has 1 aliphatic rings. The third-order valence-corrected chi connectivity index (χ3v) is 5.65. The van der Waals surface area contributed by atoms with Crippen molar-refractivity contribution in [3.8, 4) is 5.75 Å². The monoisotopic (exact) mass is 454 g/mol. The first kappa shape index (κ1) is 20.9. The van der Waals surface area contributed by atoms with Crippen molar-refractivity contribution in [1.82, 2.24) is 0 Å². The average Bonchev–Trinajstić information content (AvgIpc) is 3.00. The van der Waals surface area contributed by atoms with Crippen LogP contribution in [0.5, 0.6) is 5.75 Å². The third kappa shape index (κ3) is 3.76. The van der Waals surface area contributed by atoms with E-state index in [0.29, 0.717) is 22.1 Å². The van der Waals surface area contributed by atoms with E-state index in [9.17, 15) is 14.4 Å². The van der Waals surface area contributed by atoms with Crippen molar-refractivity contribution in [2.75, 3.05) is 17.3 Å². The van der Waals surface area contributed by atoms with Gasteiger partial charge >= 0.3 is 0 Å². The van der Waals surface area contributed by atoms with Crippen LogP contribution < -0.4 is 15.0 Å². The molecule has 0 atom stereocenters. The van der Waals surface area contributed by atoms with Crippen molar-refractivity contribution in [3.05, 3.63) is 86.9 Å². The second-order valence-corrected chi connectivity index (χ2v) is 7.78. The number of hydrogen-bond acceptors (Lipinski definition) is 4. The lowest BCUT2D eigenvalue weighted by molar-refractivity contribution is 0.0925. The fourth-order valence-electron chi connectivity index (χ4n) is 3.35. The molecule has 0 aromatic heterocycles. The van der Waals surface area contributed by atoms with Crippen molar-refractivity contribution in [2.45, 2.75) is 6.92 Å². The molecule has 3 amide bonds.